The molecular formula is C36H38F3N5O6. The summed E-state index contributed by atoms with van der Waals surface area (Å²) in [5.74, 6) is -3.14. The molecule has 0 spiro atoms. The molecule has 2 aliphatic rings. The monoisotopic (exact) mass is 693 g/mol. The molecule has 4 bridgehead atoms. The molecule has 3 heterocycles. The molecule has 1 aromatic heterocycles. The first kappa shape index (κ1) is 37.2. The van der Waals surface area contributed by atoms with Crippen LogP contribution in [0.4, 0.5) is 30.4 Å². The van der Waals surface area contributed by atoms with E-state index >= 15 is 0 Å². The van der Waals surface area contributed by atoms with Gasteiger partial charge in [-0.25, -0.2) is 9.78 Å². The smallest absolute Gasteiger partial charge is 0.475 e. The van der Waals surface area contributed by atoms with Crippen LogP contribution in [0.3, 0.4) is 0 Å². The number of nitrogens with zero attached hydrogens (tertiary/aromatic N) is 1. The van der Waals surface area contributed by atoms with Gasteiger partial charge >= 0.3 is 18.1 Å². The Kier molecular flexibility index (Phi) is 12.0. The summed E-state index contributed by atoms with van der Waals surface area (Å²) >= 11 is 0. The van der Waals surface area contributed by atoms with E-state index in [0.29, 0.717) is 29.9 Å². The van der Waals surface area contributed by atoms with E-state index in [0.717, 1.165) is 39.6 Å². The zero-order chi connectivity index (χ0) is 36.6. The van der Waals surface area contributed by atoms with Gasteiger partial charge < -0.3 is 31.5 Å². The fraction of sp³-hybridized carbons (Fsp3) is 0.306. The molecule has 0 fully saturated rings. The van der Waals surface area contributed by atoms with Crippen LogP contribution in [0.5, 0.6) is 0 Å². The third kappa shape index (κ3) is 9.71. The van der Waals surface area contributed by atoms with Crippen molar-refractivity contribution in [2.75, 3.05) is 23.0 Å². The number of aliphatic carboxylic acids is 1. The normalized spacial score (nSPS) is 16.4. The molecule has 0 radical (unpaired) electrons. The Morgan fingerprint density at radius 3 is 2.38 bits per heavy atom. The van der Waals surface area contributed by atoms with E-state index in [4.69, 9.17) is 20.4 Å². The lowest BCUT2D eigenvalue weighted by molar-refractivity contribution is -0.192. The number of carbonyl (C=O) groups is 4. The van der Waals surface area contributed by atoms with Crippen molar-refractivity contribution in [2.45, 2.75) is 64.7 Å². The van der Waals surface area contributed by atoms with Crippen LogP contribution in [-0.2, 0) is 30.3 Å². The number of rotatable bonds is 5. The number of carboxylic acid groups (broad SMARTS) is 1. The van der Waals surface area contributed by atoms with E-state index in [2.05, 4.69) is 20.9 Å². The maximum Gasteiger partial charge on any atom is 0.490 e. The summed E-state index contributed by atoms with van der Waals surface area (Å²) in [5, 5.41) is 18.4. The molecule has 14 heteroatoms. The molecule has 264 valence electrons. The van der Waals surface area contributed by atoms with Crippen LogP contribution in [0.2, 0.25) is 0 Å². The van der Waals surface area contributed by atoms with Gasteiger partial charge in [0.2, 0.25) is 11.8 Å². The van der Waals surface area contributed by atoms with Crippen LogP contribution in [0.25, 0.3) is 10.8 Å². The number of nitrogen functional groups attached to an aromatic ring is 1. The zero-order valence-corrected chi connectivity index (χ0v) is 27.7. The van der Waals surface area contributed by atoms with E-state index in [1.54, 1.807) is 31.3 Å². The molecule has 0 saturated heterocycles. The maximum atomic E-state index is 14.2. The van der Waals surface area contributed by atoms with Crippen LogP contribution < -0.4 is 21.7 Å². The topological polar surface area (TPSA) is 173 Å². The summed E-state index contributed by atoms with van der Waals surface area (Å²) < 4.78 is 37.0. The number of amides is 2. The minimum atomic E-state index is -5.08. The first-order valence-electron chi connectivity index (χ1n) is 15.8. The van der Waals surface area contributed by atoms with Crippen molar-refractivity contribution in [1.82, 2.24) is 10.3 Å². The summed E-state index contributed by atoms with van der Waals surface area (Å²) in [7, 11) is 0. The van der Waals surface area contributed by atoms with Crippen LogP contribution >= 0.6 is 0 Å². The first-order valence-corrected chi connectivity index (χ1v) is 15.8. The molecule has 6 N–H and O–H groups in total. The van der Waals surface area contributed by atoms with Crippen molar-refractivity contribution in [3.8, 4) is 0 Å². The maximum absolute atomic E-state index is 14.2. The second-order valence-electron chi connectivity index (χ2n) is 11.7. The number of hydrogen-bond donors (Lipinski definition) is 5. The first-order chi connectivity index (χ1) is 23.7. The summed E-state index contributed by atoms with van der Waals surface area (Å²) in [6.07, 6.45) is -1.68. The Bertz CT molecular complexity index is 1880. The number of carbonyl (C=O) groups excluding carboxylic acids is 3. The average Bonchev–Trinajstić information content (AvgIpc) is 3.04. The number of anilines is 3. The van der Waals surface area contributed by atoms with E-state index in [1.807, 2.05) is 56.3 Å². The summed E-state index contributed by atoms with van der Waals surface area (Å²) in [6.45, 7) is 6.04. The Morgan fingerprint density at radius 2 is 1.72 bits per heavy atom. The van der Waals surface area contributed by atoms with Gasteiger partial charge in [-0.2, -0.15) is 13.2 Å². The number of nitrogens with one attached hydrogen (secondary N) is 3. The van der Waals surface area contributed by atoms with Crippen molar-refractivity contribution in [2.24, 2.45) is 0 Å². The summed E-state index contributed by atoms with van der Waals surface area (Å²) in [5.41, 5.74) is 12.1. The standard InChI is InChI=1S/C34H37N5O4.C2HF3O2/c1-4-43-31(41)19-29-23-7-5-8-25(18-23)37-30(40)10-6-9-27-20(2)15-24(16-21(27)3)32(34(42)39-29)38-26-11-12-28-22(17-26)13-14-36-33(28)35;3-2(4,5)1(6)7/h5,7-8,11-18,29,32,38H,4,6,9-10,19H2,1-3H3,(H2,35,36)(H,37,40)(H,39,42);(H,6,7)/t29-,32-;/m1./s1. The molecule has 0 aliphatic carbocycles. The van der Waals surface area contributed by atoms with Crippen molar-refractivity contribution < 1.29 is 42.2 Å². The molecule has 6 rings (SSSR count). The van der Waals surface area contributed by atoms with Gasteiger partial charge in [0.25, 0.3) is 0 Å². The number of ether oxygens (including phenoxy) is 1. The zero-order valence-electron chi connectivity index (χ0n) is 27.7. The number of esters is 1. The number of aryl methyl sites for hydroxylation is 2. The van der Waals surface area contributed by atoms with Gasteiger partial charge in [0.05, 0.1) is 19.1 Å². The van der Waals surface area contributed by atoms with E-state index in [-0.39, 0.29) is 24.8 Å². The lowest BCUT2D eigenvalue weighted by Gasteiger charge is -2.26. The van der Waals surface area contributed by atoms with Crippen LogP contribution in [0.1, 0.15) is 66.1 Å². The lowest BCUT2D eigenvalue weighted by Crippen LogP contribution is -2.37. The van der Waals surface area contributed by atoms with Gasteiger partial charge in [0.15, 0.2) is 0 Å². The largest absolute Gasteiger partial charge is 0.490 e. The second kappa shape index (κ2) is 16.2. The van der Waals surface area contributed by atoms with Crippen LogP contribution in [-0.4, -0.2) is 46.6 Å². The molecular weight excluding hydrogens is 655 g/mol. The molecule has 11 nitrogen and oxygen atoms in total. The van der Waals surface area contributed by atoms with Gasteiger partial charge in [0, 0.05) is 29.4 Å². The number of pyridine rings is 1. The van der Waals surface area contributed by atoms with Gasteiger partial charge in [-0.3, -0.25) is 14.4 Å². The highest BCUT2D eigenvalue weighted by Crippen LogP contribution is 2.30. The fourth-order valence-corrected chi connectivity index (χ4v) is 5.72. The number of halogens is 3. The summed E-state index contributed by atoms with van der Waals surface area (Å²) in [4.78, 5) is 52.7. The number of alkyl halides is 3. The number of hydrogen-bond acceptors (Lipinski definition) is 8. The van der Waals surface area contributed by atoms with Gasteiger partial charge in [0.1, 0.15) is 11.9 Å². The van der Waals surface area contributed by atoms with Gasteiger partial charge in [-0.1, -0.05) is 24.3 Å². The Hall–Kier alpha value is -5.66. The molecule has 3 aromatic carbocycles. The van der Waals surface area contributed by atoms with Crippen molar-refractivity contribution >= 4 is 51.7 Å². The number of nitrogens with two attached hydrogens (primary N) is 1. The highest BCUT2D eigenvalue weighted by molar-refractivity contribution is 5.94. The molecule has 2 amide bonds. The molecule has 2 atom stereocenters. The molecule has 4 aromatic rings. The van der Waals surface area contributed by atoms with E-state index in [9.17, 15) is 27.6 Å². The van der Waals surface area contributed by atoms with Crippen molar-refractivity contribution in [3.63, 3.8) is 0 Å². The number of aromatic nitrogens is 1. The third-order valence-corrected chi connectivity index (χ3v) is 8.06. The Balaban J connectivity index is 0.000000727. The molecule has 50 heavy (non-hydrogen) atoms. The second-order valence-corrected chi connectivity index (χ2v) is 11.7. The number of carboxylic acids is 1. The fourth-order valence-electron chi connectivity index (χ4n) is 5.72. The predicted octanol–water partition coefficient (Wildman–Crippen LogP) is 6.31. The number of benzene rings is 3. The summed E-state index contributed by atoms with van der Waals surface area (Å²) in [6, 6.07) is 17.4. The molecule has 0 unspecified atom stereocenters. The quantitative estimate of drug-likeness (QED) is 0.150. The minimum absolute atomic E-state index is 0.0665. The van der Waals surface area contributed by atoms with Crippen molar-refractivity contribution in [3.05, 3.63) is 94.7 Å². The Morgan fingerprint density at radius 1 is 1.02 bits per heavy atom. The predicted molar refractivity (Wildman–Crippen MR) is 182 cm³/mol. The van der Waals surface area contributed by atoms with Crippen LogP contribution in [0.15, 0.2) is 66.9 Å². The SMILES string of the molecule is CCOC(=O)C[C@H]1NC(=O)[C@H](Nc2ccc3c(N)nccc3c2)c2cc(C)c(c(C)c2)CCCC(=O)Nc2cccc1c2.O=C(O)C(F)(F)F. The van der Waals surface area contributed by atoms with Crippen molar-refractivity contribution in [1.29, 1.82) is 0 Å². The van der Waals surface area contributed by atoms with E-state index < -0.39 is 30.2 Å². The lowest BCUT2D eigenvalue weighted by atomic mass is 9.92. The van der Waals surface area contributed by atoms with E-state index in [1.165, 1.54) is 5.56 Å². The number of fused-ring (bicyclic) bond motifs is 10. The molecule has 2 aliphatic heterocycles. The average molecular weight is 694 g/mol. The van der Waals surface area contributed by atoms with Crippen LogP contribution in [0, 0.1) is 13.8 Å². The van der Waals surface area contributed by atoms with Gasteiger partial charge in [-0.05, 0) is 103 Å². The van der Waals surface area contributed by atoms with Gasteiger partial charge in [-0.15, -0.1) is 0 Å². The third-order valence-electron chi connectivity index (χ3n) is 8.06. The highest BCUT2D eigenvalue weighted by atomic mass is 19.4. The Labute approximate surface area is 286 Å². The minimum Gasteiger partial charge on any atom is -0.475 e. The molecule has 0 saturated carbocycles. The highest BCUT2D eigenvalue weighted by Gasteiger charge is 2.38.